The summed E-state index contributed by atoms with van der Waals surface area (Å²) in [5.41, 5.74) is 3.18. The van der Waals surface area contributed by atoms with E-state index in [1.54, 1.807) is 13.2 Å². The molecule has 0 spiro atoms. The van der Waals surface area contributed by atoms with Crippen LogP contribution in [0.4, 0.5) is 11.5 Å². The summed E-state index contributed by atoms with van der Waals surface area (Å²) < 4.78 is 0. The number of aromatic nitrogens is 1. The van der Waals surface area contributed by atoms with E-state index in [-0.39, 0.29) is 11.8 Å². The van der Waals surface area contributed by atoms with Crippen LogP contribution in [0, 0.1) is 0 Å². The highest BCUT2D eigenvalue weighted by Gasteiger charge is 2.24. The predicted octanol–water partition coefficient (Wildman–Crippen LogP) is 1.94. The number of aliphatic imine (C=N–C) groups is 1. The van der Waals surface area contributed by atoms with Gasteiger partial charge in [-0.25, -0.2) is 4.98 Å². The van der Waals surface area contributed by atoms with Crippen LogP contribution >= 0.6 is 0 Å². The van der Waals surface area contributed by atoms with Crippen LogP contribution in [0.3, 0.4) is 0 Å². The van der Waals surface area contributed by atoms with Crippen molar-refractivity contribution in [3.05, 3.63) is 53.7 Å². The van der Waals surface area contributed by atoms with Gasteiger partial charge >= 0.3 is 0 Å². The zero-order chi connectivity index (χ0) is 19.2. The third-order valence-electron chi connectivity index (χ3n) is 4.57. The third kappa shape index (κ3) is 4.75. The molecule has 0 fully saturated rings. The first-order valence-corrected chi connectivity index (χ1v) is 9.02. The van der Waals surface area contributed by atoms with Crippen molar-refractivity contribution in [3.63, 3.8) is 0 Å². The van der Waals surface area contributed by atoms with E-state index in [1.807, 2.05) is 49.3 Å². The molecule has 3 N–H and O–H groups in total. The number of nitrogens with one attached hydrogen (secondary N) is 3. The van der Waals surface area contributed by atoms with E-state index in [2.05, 4.69) is 32.0 Å². The van der Waals surface area contributed by atoms with Gasteiger partial charge in [0.1, 0.15) is 5.82 Å². The summed E-state index contributed by atoms with van der Waals surface area (Å²) in [6.45, 7) is 1.29. The molecule has 0 saturated heterocycles. The maximum absolute atomic E-state index is 12.0. The fourth-order valence-electron chi connectivity index (χ4n) is 3.13. The number of hydrogen-bond donors (Lipinski definition) is 3. The lowest BCUT2D eigenvalue weighted by Gasteiger charge is -2.26. The number of carbonyl (C=O) groups is 1. The Kier molecular flexibility index (Phi) is 5.90. The van der Waals surface area contributed by atoms with Crippen molar-refractivity contribution in [3.8, 4) is 0 Å². The molecule has 7 nitrogen and oxygen atoms in total. The monoisotopic (exact) mass is 366 g/mol. The molecule has 7 heteroatoms. The molecule has 142 valence electrons. The minimum absolute atomic E-state index is 0.0523. The number of benzene rings is 1. The molecule has 0 radical (unpaired) electrons. The van der Waals surface area contributed by atoms with Crippen molar-refractivity contribution < 1.29 is 4.79 Å². The SMILES string of the molecule is CN=C(NCc1ccnc(N(C)C)c1)NCC1CC(=O)Nc2ccccc21. The van der Waals surface area contributed by atoms with Gasteiger partial charge in [0, 0.05) is 58.5 Å². The van der Waals surface area contributed by atoms with Gasteiger partial charge in [-0.15, -0.1) is 0 Å². The van der Waals surface area contributed by atoms with E-state index in [0.29, 0.717) is 25.5 Å². The normalized spacial score (nSPS) is 16.3. The highest BCUT2D eigenvalue weighted by atomic mass is 16.1. The Balaban J connectivity index is 1.59. The summed E-state index contributed by atoms with van der Waals surface area (Å²) in [5.74, 6) is 1.80. The quantitative estimate of drug-likeness (QED) is 0.557. The molecule has 0 saturated carbocycles. The van der Waals surface area contributed by atoms with Crippen LogP contribution in [0.1, 0.15) is 23.5 Å². The number of guanidine groups is 1. The van der Waals surface area contributed by atoms with Gasteiger partial charge in [0.2, 0.25) is 5.91 Å². The number of rotatable bonds is 5. The molecule has 0 aliphatic carbocycles. The Bertz CT molecular complexity index is 833. The van der Waals surface area contributed by atoms with Crippen LogP contribution < -0.4 is 20.9 Å². The number of hydrogen-bond acceptors (Lipinski definition) is 4. The maximum Gasteiger partial charge on any atom is 0.225 e. The fourth-order valence-corrected chi connectivity index (χ4v) is 3.13. The second-order valence-electron chi connectivity index (χ2n) is 6.76. The lowest BCUT2D eigenvalue weighted by Crippen LogP contribution is -2.40. The topological polar surface area (TPSA) is 81.7 Å². The molecule has 2 aromatic rings. The van der Waals surface area contributed by atoms with Gasteiger partial charge in [-0.1, -0.05) is 18.2 Å². The van der Waals surface area contributed by atoms with Crippen molar-refractivity contribution in [2.75, 3.05) is 37.9 Å². The zero-order valence-corrected chi connectivity index (χ0v) is 16.0. The summed E-state index contributed by atoms with van der Waals surface area (Å²) in [5, 5.41) is 9.59. The summed E-state index contributed by atoms with van der Waals surface area (Å²) in [7, 11) is 5.69. The first kappa shape index (κ1) is 18.7. The molecule has 1 unspecified atom stereocenters. The lowest BCUT2D eigenvalue weighted by molar-refractivity contribution is -0.116. The third-order valence-corrected chi connectivity index (χ3v) is 4.57. The van der Waals surface area contributed by atoms with Gasteiger partial charge < -0.3 is 20.9 Å². The summed E-state index contributed by atoms with van der Waals surface area (Å²) in [6.07, 6.45) is 2.28. The molecule has 1 atom stereocenters. The van der Waals surface area contributed by atoms with Crippen molar-refractivity contribution in [2.24, 2.45) is 4.99 Å². The number of nitrogens with zero attached hydrogens (tertiary/aromatic N) is 3. The Morgan fingerprint density at radius 3 is 2.89 bits per heavy atom. The molecule has 1 aromatic carbocycles. The van der Waals surface area contributed by atoms with Gasteiger partial charge in [-0.3, -0.25) is 9.79 Å². The van der Waals surface area contributed by atoms with Gasteiger partial charge in [-0.2, -0.15) is 0 Å². The molecule has 0 bridgehead atoms. The van der Waals surface area contributed by atoms with E-state index in [0.717, 1.165) is 22.6 Å². The van der Waals surface area contributed by atoms with E-state index in [9.17, 15) is 4.79 Å². The number of para-hydroxylation sites is 1. The Hall–Kier alpha value is -3.09. The number of carbonyl (C=O) groups excluding carboxylic acids is 1. The van der Waals surface area contributed by atoms with Crippen molar-refractivity contribution in [1.82, 2.24) is 15.6 Å². The van der Waals surface area contributed by atoms with Gasteiger partial charge in [0.25, 0.3) is 0 Å². The van der Waals surface area contributed by atoms with Gasteiger partial charge in [-0.05, 0) is 29.3 Å². The van der Waals surface area contributed by atoms with Gasteiger partial charge in [0.05, 0.1) is 0 Å². The summed E-state index contributed by atoms with van der Waals surface area (Å²) in [4.78, 5) is 22.5. The van der Waals surface area contributed by atoms with Crippen LogP contribution in [-0.4, -0.2) is 44.5 Å². The van der Waals surface area contributed by atoms with Crippen LogP contribution in [0.5, 0.6) is 0 Å². The molecule has 1 aliphatic heterocycles. The molecular weight excluding hydrogens is 340 g/mol. The smallest absolute Gasteiger partial charge is 0.225 e. The van der Waals surface area contributed by atoms with Crippen LogP contribution in [0.25, 0.3) is 0 Å². The molecule has 1 aromatic heterocycles. The Morgan fingerprint density at radius 1 is 1.30 bits per heavy atom. The minimum atomic E-state index is 0.0523. The van der Waals surface area contributed by atoms with E-state index in [1.165, 1.54) is 0 Å². The fraction of sp³-hybridized carbons (Fsp3) is 0.350. The molecule has 2 heterocycles. The molecular formula is C20H26N6O. The van der Waals surface area contributed by atoms with Crippen molar-refractivity contribution >= 4 is 23.4 Å². The summed E-state index contributed by atoms with van der Waals surface area (Å²) in [6, 6.07) is 12.0. The van der Waals surface area contributed by atoms with Crippen molar-refractivity contribution in [1.29, 1.82) is 0 Å². The largest absolute Gasteiger partial charge is 0.363 e. The first-order valence-electron chi connectivity index (χ1n) is 9.02. The zero-order valence-electron chi connectivity index (χ0n) is 16.0. The van der Waals surface area contributed by atoms with E-state index in [4.69, 9.17) is 0 Å². The van der Waals surface area contributed by atoms with Gasteiger partial charge in [0.15, 0.2) is 5.96 Å². The van der Waals surface area contributed by atoms with Crippen LogP contribution in [-0.2, 0) is 11.3 Å². The van der Waals surface area contributed by atoms with Crippen LogP contribution in [0.15, 0.2) is 47.6 Å². The molecule has 27 heavy (non-hydrogen) atoms. The first-order chi connectivity index (χ1) is 13.1. The molecule has 1 aliphatic rings. The number of anilines is 2. The predicted molar refractivity (Wildman–Crippen MR) is 109 cm³/mol. The van der Waals surface area contributed by atoms with E-state index >= 15 is 0 Å². The Labute approximate surface area is 159 Å². The van der Waals surface area contributed by atoms with Crippen LogP contribution in [0.2, 0.25) is 0 Å². The second-order valence-corrected chi connectivity index (χ2v) is 6.76. The minimum Gasteiger partial charge on any atom is -0.363 e. The van der Waals surface area contributed by atoms with Crippen molar-refractivity contribution in [2.45, 2.75) is 18.9 Å². The number of amides is 1. The number of fused-ring (bicyclic) bond motifs is 1. The average Bonchev–Trinajstić information content (AvgIpc) is 2.68. The molecule has 1 amide bonds. The van der Waals surface area contributed by atoms with E-state index < -0.39 is 0 Å². The molecule has 3 rings (SSSR count). The number of pyridine rings is 1. The lowest BCUT2D eigenvalue weighted by atomic mass is 9.90. The highest BCUT2D eigenvalue weighted by Crippen LogP contribution is 2.31. The maximum atomic E-state index is 12.0. The Morgan fingerprint density at radius 2 is 2.11 bits per heavy atom. The second kappa shape index (κ2) is 8.53. The standard InChI is InChI=1S/C20H26N6O/c1-21-20(23-12-14-8-9-22-18(10-14)26(2)3)24-13-15-11-19(27)25-17-7-5-4-6-16(15)17/h4-10,15H,11-13H2,1-3H3,(H,25,27)(H2,21,23,24). The summed E-state index contributed by atoms with van der Waals surface area (Å²) >= 11 is 0. The average molecular weight is 366 g/mol. The highest BCUT2D eigenvalue weighted by molar-refractivity contribution is 5.94.